The standard InChI is InChI=1S/C24H38FN5O2.HI/c1-3-26-24(30-13-15-32-23(18-30)22-6-5-14-31-22)27-17-19-7-8-21(20(25)16-19)29-11-9-28(4-2)10-12-29;/h7-8,16,22-23H,3-6,9-15,17-18H2,1-2H3,(H,26,27);1H. The molecule has 1 aromatic carbocycles. The SMILES string of the molecule is CCNC(=NCc1ccc(N2CCN(CC)CC2)c(F)c1)N1CCOC(C2CCCO2)C1.I. The van der Waals surface area contributed by atoms with Crippen molar-refractivity contribution in [3.8, 4) is 0 Å². The highest BCUT2D eigenvalue weighted by Crippen LogP contribution is 2.23. The summed E-state index contributed by atoms with van der Waals surface area (Å²) in [6.07, 6.45) is 2.43. The highest BCUT2D eigenvalue weighted by atomic mass is 127. The fourth-order valence-electron chi connectivity index (χ4n) is 4.79. The lowest BCUT2D eigenvalue weighted by Gasteiger charge is -2.37. The summed E-state index contributed by atoms with van der Waals surface area (Å²) in [5.74, 6) is 0.705. The topological polar surface area (TPSA) is 52.6 Å². The lowest BCUT2D eigenvalue weighted by Crippen LogP contribution is -2.53. The third-order valence-corrected chi connectivity index (χ3v) is 6.69. The van der Waals surface area contributed by atoms with Gasteiger partial charge in [0.05, 0.1) is 24.9 Å². The van der Waals surface area contributed by atoms with Crippen LogP contribution in [0.3, 0.4) is 0 Å². The van der Waals surface area contributed by atoms with Crippen molar-refractivity contribution in [1.82, 2.24) is 15.1 Å². The van der Waals surface area contributed by atoms with Crippen LogP contribution in [0, 0.1) is 5.82 Å². The van der Waals surface area contributed by atoms with Crippen LogP contribution in [-0.4, -0.2) is 93.5 Å². The summed E-state index contributed by atoms with van der Waals surface area (Å²) >= 11 is 0. The molecule has 186 valence electrons. The zero-order valence-electron chi connectivity index (χ0n) is 20.0. The van der Waals surface area contributed by atoms with Crippen molar-refractivity contribution in [3.05, 3.63) is 29.6 Å². The number of anilines is 1. The van der Waals surface area contributed by atoms with E-state index in [0.29, 0.717) is 18.8 Å². The van der Waals surface area contributed by atoms with Gasteiger partial charge in [-0.05, 0) is 44.0 Å². The van der Waals surface area contributed by atoms with E-state index in [-0.39, 0.29) is 42.0 Å². The van der Waals surface area contributed by atoms with Crippen LogP contribution in [0.25, 0.3) is 0 Å². The summed E-state index contributed by atoms with van der Waals surface area (Å²) in [6, 6.07) is 5.56. The quantitative estimate of drug-likeness (QED) is 0.320. The Balaban J connectivity index is 0.00000306. The largest absolute Gasteiger partial charge is 0.375 e. The Morgan fingerprint density at radius 2 is 1.88 bits per heavy atom. The molecule has 0 spiro atoms. The van der Waals surface area contributed by atoms with Crippen molar-refractivity contribution in [3.63, 3.8) is 0 Å². The molecule has 1 aromatic rings. The molecule has 3 fully saturated rings. The van der Waals surface area contributed by atoms with Crippen LogP contribution in [0.2, 0.25) is 0 Å². The number of hydrogen-bond donors (Lipinski definition) is 1. The van der Waals surface area contributed by atoms with Crippen LogP contribution in [0.15, 0.2) is 23.2 Å². The van der Waals surface area contributed by atoms with Crippen LogP contribution in [0.5, 0.6) is 0 Å². The van der Waals surface area contributed by atoms with Gasteiger partial charge in [0.15, 0.2) is 5.96 Å². The van der Waals surface area contributed by atoms with E-state index in [1.54, 1.807) is 6.07 Å². The van der Waals surface area contributed by atoms with E-state index in [2.05, 4.69) is 33.9 Å². The number of morpholine rings is 1. The number of nitrogens with zero attached hydrogens (tertiary/aromatic N) is 4. The lowest BCUT2D eigenvalue weighted by molar-refractivity contribution is -0.0817. The summed E-state index contributed by atoms with van der Waals surface area (Å²) in [5, 5.41) is 3.39. The summed E-state index contributed by atoms with van der Waals surface area (Å²) in [5.41, 5.74) is 1.59. The molecule has 0 radical (unpaired) electrons. The number of aliphatic imine (C=N–C) groups is 1. The number of guanidine groups is 1. The molecular weight excluding hydrogens is 536 g/mol. The van der Waals surface area contributed by atoms with Gasteiger partial charge in [0, 0.05) is 52.4 Å². The smallest absolute Gasteiger partial charge is 0.194 e. The van der Waals surface area contributed by atoms with E-state index >= 15 is 0 Å². The van der Waals surface area contributed by atoms with Crippen LogP contribution in [0.4, 0.5) is 10.1 Å². The predicted octanol–water partition coefficient (Wildman–Crippen LogP) is 2.93. The molecule has 2 atom stereocenters. The third-order valence-electron chi connectivity index (χ3n) is 6.69. The fraction of sp³-hybridized carbons (Fsp3) is 0.708. The van der Waals surface area contributed by atoms with Gasteiger partial charge in [-0.15, -0.1) is 24.0 Å². The van der Waals surface area contributed by atoms with E-state index in [9.17, 15) is 4.39 Å². The van der Waals surface area contributed by atoms with Gasteiger partial charge in [0.1, 0.15) is 11.9 Å². The van der Waals surface area contributed by atoms with E-state index in [0.717, 1.165) is 83.3 Å². The Morgan fingerprint density at radius 1 is 1.09 bits per heavy atom. The average molecular weight is 576 g/mol. The minimum absolute atomic E-state index is 0. The summed E-state index contributed by atoms with van der Waals surface area (Å²) < 4.78 is 26.7. The van der Waals surface area contributed by atoms with E-state index in [1.165, 1.54) is 0 Å². The second-order valence-corrected chi connectivity index (χ2v) is 8.78. The zero-order chi connectivity index (χ0) is 22.3. The van der Waals surface area contributed by atoms with E-state index < -0.39 is 0 Å². The average Bonchev–Trinajstić information content (AvgIpc) is 3.37. The predicted molar refractivity (Wildman–Crippen MR) is 141 cm³/mol. The molecule has 2 unspecified atom stereocenters. The molecule has 0 amide bonds. The fourth-order valence-corrected chi connectivity index (χ4v) is 4.79. The molecule has 3 aliphatic heterocycles. The first-order valence-corrected chi connectivity index (χ1v) is 12.2. The molecule has 4 rings (SSSR count). The maximum absolute atomic E-state index is 14.9. The molecule has 0 aliphatic carbocycles. The Hall–Kier alpha value is -1.17. The van der Waals surface area contributed by atoms with Gasteiger partial charge >= 0.3 is 0 Å². The summed E-state index contributed by atoms with van der Waals surface area (Å²) in [6.45, 7) is 13.3. The van der Waals surface area contributed by atoms with Gasteiger partial charge in [-0.1, -0.05) is 13.0 Å². The van der Waals surface area contributed by atoms with Gasteiger partial charge in [0.2, 0.25) is 0 Å². The molecule has 0 saturated carbocycles. The monoisotopic (exact) mass is 575 g/mol. The van der Waals surface area contributed by atoms with Gasteiger partial charge < -0.3 is 29.5 Å². The van der Waals surface area contributed by atoms with Crippen molar-refractivity contribution < 1.29 is 13.9 Å². The lowest BCUT2D eigenvalue weighted by atomic mass is 10.1. The number of piperazine rings is 1. The highest BCUT2D eigenvalue weighted by Gasteiger charge is 2.32. The first-order valence-electron chi connectivity index (χ1n) is 12.2. The number of ether oxygens (including phenoxy) is 2. The number of benzene rings is 1. The Morgan fingerprint density at radius 3 is 2.55 bits per heavy atom. The third kappa shape index (κ3) is 6.93. The van der Waals surface area contributed by atoms with Crippen molar-refractivity contribution in [2.45, 2.75) is 45.4 Å². The normalized spacial score (nSPS) is 24.6. The number of halogens is 2. The number of rotatable bonds is 6. The molecule has 3 aliphatic rings. The Bertz CT molecular complexity index is 769. The Labute approximate surface area is 214 Å². The minimum atomic E-state index is -0.155. The molecule has 3 heterocycles. The summed E-state index contributed by atoms with van der Waals surface area (Å²) in [4.78, 5) is 11.6. The highest BCUT2D eigenvalue weighted by molar-refractivity contribution is 14.0. The van der Waals surface area contributed by atoms with Crippen molar-refractivity contribution >= 4 is 35.6 Å². The molecule has 0 aromatic heterocycles. The van der Waals surface area contributed by atoms with E-state index in [1.807, 2.05) is 12.1 Å². The second kappa shape index (κ2) is 13.1. The maximum Gasteiger partial charge on any atom is 0.194 e. The van der Waals surface area contributed by atoms with Gasteiger partial charge in [0.25, 0.3) is 0 Å². The molecular formula is C24H39FIN5O2. The van der Waals surface area contributed by atoms with Crippen LogP contribution in [-0.2, 0) is 16.0 Å². The van der Waals surface area contributed by atoms with E-state index in [4.69, 9.17) is 14.5 Å². The van der Waals surface area contributed by atoms with Crippen molar-refractivity contribution in [2.24, 2.45) is 4.99 Å². The van der Waals surface area contributed by atoms with Crippen molar-refractivity contribution in [2.75, 3.05) is 70.5 Å². The second-order valence-electron chi connectivity index (χ2n) is 8.78. The molecule has 3 saturated heterocycles. The van der Waals surface area contributed by atoms with Crippen LogP contribution >= 0.6 is 24.0 Å². The first-order chi connectivity index (χ1) is 15.7. The zero-order valence-corrected chi connectivity index (χ0v) is 22.3. The van der Waals surface area contributed by atoms with Gasteiger partial charge in [-0.25, -0.2) is 9.38 Å². The number of likely N-dealkylation sites (N-methyl/N-ethyl adjacent to an activating group) is 1. The summed E-state index contributed by atoms with van der Waals surface area (Å²) in [7, 11) is 0. The Kier molecular flexibility index (Phi) is 10.5. The molecule has 7 nitrogen and oxygen atoms in total. The number of nitrogens with one attached hydrogen (secondary N) is 1. The van der Waals surface area contributed by atoms with Crippen LogP contribution < -0.4 is 10.2 Å². The first kappa shape index (κ1) is 26.4. The van der Waals surface area contributed by atoms with Crippen molar-refractivity contribution in [1.29, 1.82) is 0 Å². The molecule has 33 heavy (non-hydrogen) atoms. The molecule has 0 bridgehead atoms. The van der Waals surface area contributed by atoms with Crippen LogP contribution in [0.1, 0.15) is 32.3 Å². The minimum Gasteiger partial charge on any atom is -0.375 e. The maximum atomic E-state index is 14.9. The molecule has 9 heteroatoms. The van der Waals surface area contributed by atoms with Gasteiger partial charge in [-0.2, -0.15) is 0 Å². The number of hydrogen-bond acceptors (Lipinski definition) is 5. The van der Waals surface area contributed by atoms with Gasteiger partial charge in [-0.3, -0.25) is 0 Å². The molecule has 1 N–H and O–H groups in total.